The lowest BCUT2D eigenvalue weighted by Crippen LogP contribution is -2.58. The molecule has 1 saturated carbocycles. The van der Waals surface area contributed by atoms with Gasteiger partial charge < -0.3 is 16.4 Å². The number of primary amides is 1. The number of anilines is 1. The van der Waals surface area contributed by atoms with Crippen molar-refractivity contribution in [2.24, 2.45) is 5.73 Å². The summed E-state index contributed by atoms with van der Waals surface area (Å²) in [6.07, 6.45) is 6.16. The third-order valence-corrected chi connectivity index (χ3v) is 4.86. The molecule has 1 aliphatic carbocycles. The van der Waals surface area contributed by atoms with E-state index in [1.807, 2.05) is 6.07 Å². The summed E-state index contributed by atoms with van der Waals surface area (Å²) in [5, 5.41) is 7.60. The number of benzene rings is 1. The van der Waals surface area contributed by atoms with Gasteiger partial charge in [-0.3, -0.25) is 4.79 Å². The van der Waals surface area contributed by atoms with E-state index >= 15 is 0 Å². The van der Waals surface area contributed by atoms with Crippen LogP contribution in [0.4, 0.5) is 5.69 Å². The lowest BCUT2D eigenvalue weighted by atomic mass is 9.70. The Morgan fingerprint density at radius 2 is 2.25 bits per heavy atom. The second-order valence-electron chi connectivity index (χ2n) is 5.95. The van der Waals surface area contributed by atoms with Gasteiger partial charge in [-0.15, -0.1) is 0 Å². The largest absolute Gasteiger partial charge is 0.382 e. The Balaban J connectivity index is 1.68. The number of rotatable bonds is 3. The molecular formula is C15H20ClN3O. The number of amides is 1. The summed E-state index contributed by atoms with van der Waals surface area (Å²) in [5.74, 6) is -0.489. The van der Waals surface area contributed by atoms with Crippen molar-refractivity contribution in [2.75, 3.05) is 11.9 Å². The molecule has 5 heteroatoms. The van der Waals surface area contributed by atoms with Crippen LogP contribution in [0.15, 0.2) is 18.2 Å². The third-order valence-electron chi connectivity index (χ3n) is 4.55. The highest BCUT2D eigenvalue weighted by Crippen LogP contribution is 2.39. The van der Waals surface area contributed by atoms with E-state index in [-0.39, 0.29) is 0 Å². The zero-order chi connectivity index (χ0) is 14.2. The normalized spacial score (nSPS) is 24.1. The molecule has 1 saturated heterocycles. The Bertz CT molecular complexity index is 528. The molecule has 4 N–H and O–H groups in total. The van der Waals surface area contributed by atoms with Crippen molar-refractivity contribution in [3.8, 4) is 0 Å². The van der Waals surface area contributed by atoms with Crippen LogP contribution >= 0.6 is 11.6 Å². The first kappa shape index (κ1) is 13.7. The highest BCUT2D eigenvalue weighted by atomic mass is 35.5. The van der Waals surface area contributed by atoms with E-state index in [9.17, 15) is 4.79 Å². The summed E-state index contributed by atoms with van der Waals surface area (Å²) in [6.45, 7) is 1.06. The lowest BCUT2D eigenvalue weighted by Gasteiger charge is -2.48. The van der Waals surface area contributed by atoms with Gasteiger partial charge in [0.05, 0.1) is 10.6 Å². The quantitative estimate of drug-likeness (QED) is 0.802. The average Bonchev–Trinajstić information content (AvgIpc) is 2.37. The fraction of sp³-hybridized carbons (Fsp3) is 0.533. The van der Waals surface area contributed by atoms with E-state index in [2.05, 4.69) is 10.6 Å². The Kier molecular flexibility index (Phi) is 3.61. The van der Waals surface area contributed by atoms with Crippen molar-refractivity contribution >= 4 is 23.2 Å². The average molecular weight is 294 g/mol. The smallest absolute Gasteiger partial charge is 0.250 e. The Morgan fingerprint density at radius 3 is 2.85 bits per heavy atom. The van der Waals surface area contributed by atoms with Gasteiger partial charge in [0.1, 0.15) is 0 Å². The number of piperidine rings is 1. The van der Waals surface area contributed by atoms with Crippen molar-refractivity contribution in [1.82, 2.24) is 5.32 Å². The summed E-state index contributed by atoms with van der Waals surface area (Å²) >= 11 is 6.08. The number of carbonyl (C=O) groups excluding carboxylic acids is 1. The number of nitrogens with two attached hydrogens (primary N) is 1. The number of hydrogen-bond donors (Lipinski definition) is 3. The van der Waals surface area contributed by atoms with Gasteiger partial charge in [0, 0.05) is 17.3 Å². The second kappa shape index (κ2) is 5.26. The predicted octanol–water partition coefficient (Wildman–Crippen LogP) is 2.53. The molecule has 1 aliphatic heterocycles. The molecule has 0 radical (unpaired) electrons. The van der Waals surface area contributed by atoms with Crippen LogP contribution in [0.2, 0.25) is 5.02 Å². The zero-order valence-electron chi connectivity index (χ0n) is 11.4. The lowest BCUT2D eigenvalue weighted by molar-refractivity contribution is 0.100. The number of carbonyl (C=O) groups is 1. The molecule has 2 fully saturated rings. The fourth-order valence-electron chi connectivity index (χ4n) is 3.31. The highest BCUT2D eigenvalue weighted by molar-refractivity contribution is 6.34. The number of nitrogens with one attached hydrogen (secondary N) is 2. The van der Waals surface area contributed by atoms with Gasteiger partial charge in [0.25, 0.3) is 0 Å². The Labute approximate surface area is 124 Å². The molecule has 0 bridgehead atoms. The SMILES string of the molecule is NC(=O)c1ccc(NC2CCNC3(CCC3)C2)cc1Cl. The molecule has 1 unspecified atom stereocenters. The van der Waals surface area contributed by atoms with E-state index < -0.39 is 5.91 Å². The predicted molar refractivity (Wildman–Crippen MR) is 81.2 cm³/mol. The van der Waals surface area contributed by atoms with Gasteiger partial charge in [-0.25, -0.2) is 0 Å². The van der Waals surface area contributed by atoms with Crippen LogP contribution in [0.1, 0.15) is 42.5 Å². The van der Waals surface area contributed by atoms with Crippen LogP contribution in [-0.2, 0) is 0 Å². The van der Waals surface area contributed by atoms with Crippen LogP contribution in [0, 0.1) is 0 Å². The topological polar surface area (TPSA) is 67.2 Å². The van der Waals surface area contributed by atoms with Gasteiger partial charge in [-0.2, -0.15) is 0 Å². The van der Waals surface area contributed by atoms with E-state index in [1.165, 1.54) is 19.3 Å². The summed E-state index contributed by atoms with van der Waals surface area (Å²) < 4.78 is 0. The summed E-state index contributed by atoms with van der Waals surface area (Å²) in [7, 11) is 0. The maximum atomic E-state index is 11.2. The van der Waals surface area contributed by atoms with Crippen LogP contribution in [0.3, 0.4) is 0 Å². The molecular weight excluding hydrogens is 274 g/mol. The molecule has 4 nitrogen and oxygen atoms in total. The maximum absolute atomic E-state index is 11.2. The first-order valence-corrected chi connectivity index (χ1v) is 7.57. The summed E-state index contributed by atoms with van der Waals surface area (Å²) in [4.78, 5) is 11.2. The van der Waals surface area contributed by atoms with Crippen LogP contribution < -0.4 is 16.4 Å². The maximum Gasteiger partial charge on any atom is 0.250 e. The molecule has 108 valence electrons. The Hall–Kier alpha value is -1.26. The molecule has 1 heterocycles. The molecule has 1 aromatic carbocycles. The molecule has 1 spiro atoms. The van der Waals surface area contributed by atoms with Gasteiger partial charge in [-0.05, 0) is 56.8 Å². The second-order valence-corrected chi connectivity index (χ2v) is 6.36. The monoisotopic (exact) mass is 293 g/mol. The molecule has 1 amide bonds. The minimum Gasteiger partial charge on any atom is -0.382 e. The Morgan fingerprint density at radius 1 is 1.45 bits per heavy atom. The third kappa shape index (κ3) is 2.63. The summed E-state index contributed by atoms with van der Waals surface area (Å²) in [6, 6.07) is 5.82. The van der Waals surface area contributed by atoms with Crippen molar-refractivity contribution in [3.63, 3.8) is 0 Å². The van der Waals surface area contributed by atoms with Crippen molar-refractivity contribution in [3.05, 3.63) is 28.8 Å². The summed E-state index contributed by atoms with van der Waals surface area (Å²) in [5.41, 5.74) is 6.96. The molecule has 1 aromatic rings. The van der Waals surface area contributed by atoms with Crippen molar-refractivity contribution in [1.29, 1.82) is 0 Å². The van der Waals surface area contributed by atoms with Gasteiger partial charge in [-0.1, -0.05) is 11.6 Å². The van der Waals surface area contributed by atoms with E-state index in [4.69, 9.17) is 17.3 Å². The standard InChI is InChI=1S/C15H20ClN3O/c16-13-8-10(2-3-12(13)14(17)20)19-11-4-7-18-15(9-11)5-1-6-15/h2-3,8,11,18-19H,1,4-7,9H2,(H2,17,20). The first-order chi connectivity index (χ1) is 9.58. The highest BCUT2D eigenvalue weighted by Gasteiger charge is 2.40. The minimum absolute atomic E-state index is 0.368. The van der Waals surface area contributed by atoms with Crippen LogP contribution in [0.5, 0.6) is 0 Å². The van der Waals surface area contributed by atoms with Gasteiger partial charge in [0.15, 0.2) is 0 Å². The van der Waals surface area contributed by atoms with E-state index in [1.54, 1.807) is 12.1 Å². The van der Waals surface area contributed by atoms with Crippen molar-refractivity contribution in [2.45, 2.75) is 43.7 Å². The van der Waals surface area contributed by atoms with Gasteiger partial charge in [0.2, 0.25) is 5.91 Å². The van der Waals surface area contributed by atoms with Crippen LogP contribution in [0.25, 0.3) is 0 Å². The molecule has 2 aliphatic rings. The molecule has 20 heavy (non-hydrogen) atoms. The molecule has 0 aromatic heterocycles. The van der Waals surface area contributed by atoms with E-state index in [0.29, 0.717) is 22.2 Å². The molecule has 1 atom stereocenters. The van der Waals surface area contributed by atoms with Gasteiger partial charge >= 0.3 is 0 Å². The number of hydrogen-bond acceptors (Lipinski definition) is 3. The first-order valence-electron chi connectivity index (χ1n) is 7.19. The fourth-order valence-corrected chi connectivity index (χ4v) is 3.58. The van der Waals surface area contributed by atoms with Crippen LogP contribution in [-0.4, -0.2) is 24.0 Å². The number of halogens is 1. The van der Waals surface area contributed by atoms with Crippen molar-refractivity contribution < 1.29 is 4.79 Å². The zero-order valence-corrected chi connectivity index (χ0v) is 12.2. The molecule has 3 rings (SSSR count). The minimum atomic E-state index is -0.489. The van der Waals surface area contributed by atoms with E-state index in [0.717, 1.165) is 25.1 Å².